The maximum Gasteiger partial charge on any atom is 0.305 e. The average Bonchev–Trinajstić information content (AvgIpc) is 2.56. The molecule has 1 rings (SSSR count). The Balaban J connectivity index is 2.51. The van der Waals surface area contributed by atoms with Crippen molar-refractivity contribution in [2.24, 2.45) is 0 Å². The number of sulfonamides is 1. The van der Waals surface area contributed by atoms with Crippen LogP contribution in [0.3, 0.4) is 0 Å². The third-order valence-electron chi connectivity index (χ3n) is 3.37. The Morgan fingerprint density at radius 1 is 1.16 bits per heavy atom. The Morgan fingerprint density at radius 2 is 1.88 bits per heavy atom. The van der Waals surface area contributed by atoms with Crippen molar-refractivity contribution in [2.45, 2.75) is 50.5 Å². The smallest absolute Gasteiger partial charge is 0.305 e. The van der Waals surface area contributed by atoms with E-state index in [0.29, 0.717) is 24.9 Å². The Bertz CT molecular complexity index is 686. The van der Waals surface area contributed by atoms with Crippen LogP contribution in [-0.2, 0) is 19.6 Å². The molecule has 0 saturated heterocycles. The fourth-order valence-corrected chi connectivity index (χ4v) is 3.46. The van der Waals surface area contributed by atoms with Crippen LogP contribution in [0.25, 0.3) is 0 Å². The molecule has 0 unspecified atom stereocenters. The van der Waals surface area contributed by atoms with Gasteiger partial charge >= 0.3 is 5.97 Å². The van der Waals surface area contributed by atoms with Gasteiger partial charge in [0, 0.05) is 24.6 Å². The Kier molecular flexibility index (Phi) is 8.57. The number of rotatable bonds is 10. The molecule has 7 nitrogen and oxygen atoms in total. The summed E-state index contributed by atoms with van der Waals surface area (Å²) in [5, 5.41) is 2.75. The number of unbranched alkanes of at least 4 members (excludes halogenated alkanes) is 2. The van der Waals surface area contributed by atoms with Crippen LogP contribution in [0.4, 0.5) is 0 Å². The van der Waals surface area contributed by atoms with Crippen LogP contribution in [0.5, 0.6) is 0 Å². The molecule has 0 aromatic heterocycles. The summed E-state index contributed by atoms with van der Waals surface area (Å²) in [5.41, 5.74) is 0.293. The van der Waals surface area contributed by atoms with Crippen LogP contribution >= 0.6 is 0 Å². The van der Waals surface area contributed by atoms with Gasteiger partial charge in [-0.2, -0.15) is 0 Å². The van der Waals surface area contributed by atoms with Crippen molar-refractivity contribution in [1.82, 2.24) is 10.0 Å². The van der Waals surface area contributed by atoms with Gasteiger partial charge in [0.2, 0.25) is 10.0 Å². The van der Waals surface area contributed by atoms with Crippen LogP contribution < -0.4 is 10.0 Å². The lowest BCUT2D eigenvalue weighted by atomic mass is 10.2. The topological polar surface area (TPSA) is 102 Å². The number of benzene rings is 1. The standard InChI is InChI=1S/C17H26N2O5S/c1-13(2)19-25(22,23)15-9-7-8-14(12-15)17(21)18-11-6-4-5-10-16(20)24-3/h7-9,12-13,19H,4-6,10-11H2,1-3H3,(H,18,21). The molecule has 1 aromatic carbocycles. The van der Waals surface area contributed by atoms with Crippen LogP contribution in [0.1, 0.15) is 49.9 Å². The van der Waals surface area contributed by atoms with Crippen LogP contribution in [0, 0.1) is 0 Å². The van der Waals surface area contributed by atoms with E-state index >= 15 is 0 Å². The first kappa shape index (κ1) is 21.1. The van der Waals surface area contributed by atoms with Gasteiger partial charge in [0.25, 0.3) is 5.91 Å². The number of amides is 1. The van der Waals surface area contributed by atoms with Gasteiger partial charge in [-0.25, -0.2) is 13.1 Å². The molecule has 140 valence electrons. The molecule has 8 heteroatoms. The molecular formula is C17H26N2O5S. The molecule has 2 N–H and O–H groups in total. The van der Waals surface area contributed by atoms with Gasteiger partial charge in [-0.3, -0.25) is 9.59 Å². The number of hydrogen-bond donors (Lipinski definition) is 2. The van der Waals surface area contributed by atoms with Crippen molar-refractivity contribution in [2.75, 3.05) is 13.7 Å². The first-order chi connectivity index (χ1) is 11.8. The maximum atomic E-state index is 12.1. The summed E-state index contributed by atoms with van der Waals surface area (Å²) in [6.07, 6.45) is 2.60. The SMILES string of the molecule is COC(=O)CCCCCNC(=O)c1cccc(S(=O)(=O)NC(C)C)c1. The maximum absolute atomic E-state index is 12.1. The third kappa shape index (κ3) is 7.66. The molecule has 0 aliphatic rings. The van der Waals surface area contributed by atoms with Crippen molar-refractivity contribution < 1.29 is 22.7 Å². The van der Waals surface area contributed by atoms with E-state index in [1.165, 1.54) is 19.2 Å². The molecule has 0 spiro atoms. The lowest BCUT2D eigenvalue weighted by Crippen LogP contribution is -2.30. The highest BCUT2D eigenvalue weighted by atomic mass is 32.2. The summed E-state index contributed by atoms with van der Waals surface area (Å²) in [6, 6.07) is 5.69. The summed E-state index contributed by atoms with van der Waals surface area (Å²) in [6.45, 7) is 3.92. The minimum Gasteiger partial charge on any atom is -0.469 e. The fraction of sp³-hybridized carbons (Fsp3) is 0.529. The van der Waals surface area contributed by atoms with E-state index in [1.54, 1.807) is 26.0 Å². The molecular weight excluding hydrogens is 344 g/mol. The van der Waals surface area contributed by atoms with Gasteiger partial charge in [-0.15, -0.1) is 0 Å². The zero-order valence-electron chi connectivity index (χ0n) is 14.9. The van der Waals surface area contributed by atoms with E-state index in [4.69, 9.17) is 0 Å². The quantitative estimate of drug-likeness (QED) is 0.483. The van der Waals surface area contributed by atoms with Gasteiger partial charge < -0.3 is 10.1 Å². The molecule has 1 aromatic rings. The summed E-state index contributed by atoms with van der Waals surface area (Å²) >= 11 is 0. The number of methoxy groups -OCH3 is 1. The first-order valence-corrected chi connectivity index (χ1v) is 9.72. The molecule has 0 bridgehead atoms. The predicted octanol–water partition coefficient (Wildman–Crippen LogP) is 1.84. The molecule has 0 heterocycles. The minimum atomic E-state index is -3.63. The molecule has 25 heavy (non-hydrogen) atoms. The third-order valence-corrected chi connectivity index (χ3v) is 5.02. The summed E-state index contributed by atoms with van der Waals surface area (Å²) < 4.78 is 31.3. The first-order valence-electron chi connectivity index (χ1n) is 8.23. The molecule has 0 radical (unpaired) electrons. The predicted molar refractivity (Wildman–Crippen MR) is 94.7 cm³/mol. The van der Waals surface area contributed by atoms with E-state index in [2.05, 4.69) is 14.8 Å². The number of hydrogen-bond acceptors (Lipinski definition) is 5. The number of esters is 1. The molecule has 0 saturated carbocycles. The Labute approximate surface area is 149 Å². The number of ether oxygens (including phenoxy) is 1. The Morgan fingerprint density at radius 3 is 2.52 bits per heavy atom. The lowest BCUT2D eigenvalue weighted by molar-refractivity contribution is -0.140. The van der Waals surface area contributed by atoms with Crippen molar-refractivity contribution >= 4 is 21.9 Å². The highest BCUT2D eigenvalue weighted by Crippen LogP contribution is 2.12. The number of carbonyl (C=O) groups is 2. The van der Waals surface area contributed by atoms with Crippen LogP contribution in [0.2, 0.25) is 0 Å². The van der Waals surface area contributed by atoms with E-state index < -0.39 is 10.0 Å². The second kappa shape index (κ2) is 10.1. The van der Waals surface area contributed by atoms with Gasteiger partial charge in [0.15, 0.2) is 0 Å². The molecule has 0 fully saturated rings. The van der Waals surface area contributed by atoms with Gasteiger partial charge in [-0.1, -0.05) is 12.5 Å². The number of carbonyl (C=O) groups excluding carboxylic acids is 2. The van der Waals surface area contributed by atoms with Gasteiger partial charge in [-0.05, 0) is 44.9 Å². The summed E-state index contributed by atoms with van der Waals surface area (Å²) in [5.74, 6) is -0.563. The van der Waals surface area contributed by atoms with E-state index in [0.717, 1.165) is 12.8 Å². The lowest BCUT2D eigenvalue weighted by Gasteiger charge is -2.11. The van der Waals surface area contributed by atoms with Crippen LogP contribution in [0.15, 0.2) is 29.2 Å². The minimum absolute atomic E-state index is 0.0620. The highest BCUT2D eigenvalue weighted by Gasteiger charge is 2.17. The van der Waals surface area contributed by atoms with Crippen molar-refractivity contribution in [3.63, 3.8) is 0 Å². The van der Waals surface area contributed by atoms with Crippen LogP contribution in [-0.4, -0.2) is 40.0 Å². The molecule has 0 atom stereocenters. The van der Waals surface area contributed by atoms with E-state index in [1.807, 2.05) is 0 Å². The number of nitrogens with one attached hydrogen (secondary N) is 2. The zero-order valence-corrected chi connectivity index (χ0v) is 15.7. The normalized spacial score (nSPS) is 11.4. The average molecular weight is 370 g/mol. The monoisotopic (exact) mass is 370 g/mol. The Hall–Kier alpha value is -1.93. The van der Waals surface area contributed by atoms with E-state index in [9.17, 15) is 18.0 Å². The zero-order chi connectivity index (χ0) is 18.9. The molecule has 1 amide bonds. The molecule has 0 aliphatic carbocycles. The van der Waals surface area contributed by atoms with E-state index in [-0.39, 0.29) is 22.8 Å². The highest BCUT2D eigenvalue weighted by molar-refractivity contribution is 7.89. The molecule has 0 aliphatic heterocycles. The van der Waals surface area contributed by atoms with Gasteiger partial charge in [0.05, 0.1) is 12.0 Å². The fourth-order valence-electron chi connectivity index (χ4n) is 2.16. The second-order valence-electron chi connectivity index (χ2n) is 5.95. The van der Waals surface area contributed by atoms with Crippen molar-refractivity contribution in [3.05, 3.63) is 29.8 Å². The summed E-state index contributed by atoms with van der Waals surface area (Å²) in [7, 11) is -2.28. The van der Waals surface area contributed by atoms with Crippen molar-refractivity contribution in [1.29, 1.82) is 0 Å². The largest absolute Gasteiger partial charge is 0.469 e. The summed E-state index contributed by atoms with van der Waals surface area (Å²) in [4.78, 5) is 23.2. The second-order valence-corrected chi connectivity index (χ2v) is 7.66. The van der Waals surface area contributed by atoms with Crippen molar-refractivity contribution in [3.8, 4) is 0 Å². The van der Waals surface area contributed by atoms with Gasteiger partial charge in [0.1, 0.15) is 0 Å².